The summed E-state index contributed by atoms with van der Waals surface area (Å²) in [6.45, 7) is -1.54. The van der Waals surface area contributed by atoms with Crippen LogP contribution in [0.5, 0.6) is 5.75 Å². The van der Waals surface area contributed by atoms with Gasteiger partial charge in [-0.25, -0.2) is 9.18 Å². The average Bonchev–Trinajstić information content (AvgIpc) is 2.22. The lowest BCUT2D eigenvalue weighted by Crippen LogP contribution is -2.19. The molecule has 0 spiro atoms. The van der Waals surface area contributed by atoms with Crippen LogP contribution in [-0.4, -0.2) is 23.9 Å². The van der Waals surface area contributed by atoms with Crippen LogP contribution >= 0.6 is 0 Å². The summed E-state index contributed by atoms with van der Waals surface area (Å²) in [7, 11) is 0. The van der Waals surface area contributed by atoms with Crippen LogP contribution in [0.2, 0.25) is 0 Å². The van der Waals surface area contributed by atoms with Crippen LogP contribution in [0, 0.1) is 5.82 Å². The summed E-state index contributed by atoms with van der Waals surface area (Å²) in [5, 5.41) is 8.36. The van der Waals surface area contributed by atoms with Crippen molar-refractivity contribution in [3.8, 4) is 5.75 Å². The van der Waals surface area contributed by atoms with E-state index in [-0.39, 0.29) is 11.3 Å². The second-order valence-corrected chi connectivity index (χ2v) is 3.30. The molecule has 0 aliphatic heterocycles. The number of rotatable bonds is 4. The fourth-order valence-corrected chi connectivity index (χ4v) is 1.10. The molecule has 0 bridgehead atoms. The largest absolute Gasteiger partial charge is 0.484 e. The van der Waals surface area contributed by atoms with Gasteiger partial charge in [-0.3, -0.25) is 0 Å². The van der Waals surface area contributed by atoms with Crippen molar-refractivity contribution in [2.45, 2.75) is 6.18 Å². The van der Waals surface area contributed by atoms with Crippen molar-refractivity contribution in [2.75, 3.05) is 6.61 Å². The Hall–Kier alpha value is -2.05. The van der Waals surface area contributed by atoms with Gasteiger partial charge in [-0.15, -0.1) is 0 Å². The average molecular weight is 264 g/mol. The van der Waals surface area contributed by atoms with Gasteiger partial charge in [0.15, 0.2) is 6.61 Å². The molecular formula is C11H8F4O3. The molecule has 3 nitrogen and oxygen atoms in total. The van der Waals surface area contributed by atoms with Gasteiger partial charge in [-0.05, 0) is 23.8 Å². The highest BCUT2D eigenvalue weighted by atomic mass is 19.4. The first kappa shape index (κ1) is 14.0. The molecule has 7 heteroatoms. The summed E-state index contributed by atoms with van der Waals surface area (Å²) >= 11 is 0. The minimum Gasteiger partial charge on any atom is -0.484 e. The Labute approximate surface area is 99.3 Å². The van der Waals surface area contributed by atoms with Gasteiger partial charge in [0.05, 0.1) is 0 Å². The Morgan fingerprint density at radius 3 is 2.56 bits per heavy atom. The Balaban J connectivity index is 2.84. The number of alkyl halides is 3. The van der Waals surface area contributed by atoms with Crippen molar-refractivity contribution in [2.24, 2.45) is 0 Å². The number of benzene rings is 1. The first-order valence-electron chi connectivity index (χ1n) is 4.67. The SMILES string of the molecule is O=C(O)/C=C/c1cc(F)cc(OCC(F)(F)F)c1. The van der Waals surface area contributed by atoms with Crippen LogP contribution in [0.15, 0.2) is 24.3 Å². The molecule has 98 valence electrons. The van der Waals surface area contributed by atoms with E-state index in [9.17, 15) is 22.4 Å². The van der Waals surface area contributed by atoms with E-state index in [1.54, 1.807) is 0 Å². The molecule has 0 amide bonds. The molecule has 1 aromatic carbocycles. The van der Waals surface area contributed by atoms with Crippen molar-refractivity contribution in [1.82, 2.24) is 0 Å². The van der Waals surface area contributed by atoms with Gasteiger partial charge < -0.3 is 9.84 Å². The number of aliphatic carboxylic acids is 1. The van der Waals surface area contributed by atoms with Gasteiger partial charge in [-0.2, -0.15) is 13.2 Å². The summed E-state index contributed by atoms with van der Waals surface area (Å²) in [5.41, 5.74) is 0.0922. The molecular weight excluding hydrogens is 256 g/mol. The predicted molar refractivity (Wildman–Crippen MR) is 54.6 cm³/mol. The molecule has 0 saturated carbocycles. The second kappa shape index (κ2) is 5.52. The van der Waals surface area contributed by atoms with Crippen molar-refractivity contribution in [1.29, 1.82) is 0 Å². The molecule has 1 N–H and O–H groups in total. The summed E-state index contributed by atoms with van der Waals surface area (Å²) in [6.07, 6.45) is -2.74. The van der Waals surface area contributed by atoms with Crippen LogP contribution in [0.4, 0.5) is 17.6 Å². The van der Waals surface area contributed by atoms with Crippen LogP contribution in [-0.2, 0) is 4.79 Å². The Morgan fingerprint density at radius 2 is 2.00 bits per heavy atom. The number of carboxylic acid groups (broad SMARTS) is 1. The molecule has 0 atom stereocenters. The molecule has 0 heterocycles. The third-order valence-electron chi connectivity index (χ3n) is 1.71. The minimum absolute atomic E-state index is 0.0922. The molecule has 0 fully saturated rings. The van der Waals surface area contributed by atoms with Crippen molar-refractivity contribution < 1.29 is 32.2 Å². The lowest BCUT2D eigenvalue weighted by Gasteiger charge is -2.09. The maximum absolute atomic E-state index is 13.0. The summed E-state index contributed by atoms with van der Waals surface area (Å²) < 4.78 is 53.0. The van der Waals surface area contributed by atoms with E-state index < -0.39 is 24.6 Å². The van der Waals surface area contributed by atoms with Gasteiger partial charge in [0.25, 0.3) is 0 Å². The fourth-order valence-electron chi connectivity index (χ4n) is 1.10. The Kier molecular flexibility index (Phi) is 4.30. The molecule has 18 heavy (non-hydrogen) atoms. The van der Waals surface area contributed by atoms with E-state index >= 15 is 0 Å². The summed E-state index contributed by atoms with van der Waals surface area (Å²) in [6, 6.07) is 2.86. The lowest BCUT2D eigenvalue weighted by molar-refractivity contribution is -0.153. The second-order valence-electron chi connectivity index (χ2n) is 3.30. The molecule has 1 rings (SSSR count). The summed E-state index contributed by atoms with van der Waals surface area (Å²) in [4.78, 5) is 10.2. The van der Waals surface area contributed by atoms with Crippen LogP contribution in [0.1, 0.15) is 5.56 Å². The lowest BCUT2D eigenvalue weighted by atomic mass is 10.2. The fraction of sp³-hybridized carbons (Fsp3) is 0.182. The van der Waals surface area contributed by atoms with E-state index in [0.717, 1.165) is 30.4 Å². The van der Waals surface area contributed by atoms with E-state index in [0.29, 0.717) is 0 Å². The zero-order valence-corrected chi connectivity index (χ0v) is 8.87. The molecule has 1 aromatic rings. The third kappa shape index (κ3) is 5.33. The highest BCUT2D eigenvalue weighted by Crippen LogP contribution is 2.21. The monoisotopic (exact) mass is 264 g/mol. The molecule has 0 aliphatic rings. The van der Waals surface area contributed by atoms with Gasteiger partial charge >= 0.3 is 12.1 Å². The van der Waals surface area contributed by atoms with Gasteiger partial charge in [0.2, 0.25) is 0 Å². The van der Waals surface area contributed by atoms with Crippen LogP contribution < -0.4 is 4.74 Å². The van der Waals surface area contributed by atoms with E-state index in [4.69, 9.17) is 5.11 Å². The van der Waals surface area contributed by atoms with Gasteiger partial charge in [-0.1, -0.05) is 0 Å². The van der Waals surface area contributed by atoms with Crippen LogP contribution in [0.3, 0.4) is 0 Å². The first-order chi connectivity index (χ1) is 8.26. The van der Waals surface area contributed by atoms with E-state index in [2.05, 4.69) is 4.74 Å². The molecule has 0 saturated heterocycles. The first-order valence-corrected chi connectivity index (χ1v) is 4.67. The van der Waals surface area contributed by atoms with E-state index in [1.807, 2.05) is 0 Å². The van der Waals surface area contributed by atoms with Gasteiger partial charge in [0.1, 0.15) is 11.6 Å². The van der Waals surface area contributed by atoms with E-state index in [1.165, 1.54) is 0 Å². The Bertz CT molecular complexity index is 466. The maximum atomic E-state index is 13.0. The highest BCUT2D eigenvalue weighted by Gasteiger charge is 2.28. The van der Waals surface area contributed by atoms with Crippen LogP contribution in [0.25, 0.3) is 6.08 Å². The maximum Gasteiger partial charge on any atom is 0.422 e. The zero-order chi connectivity index (χ0) is 13.8. The third-order valence-corrected chi connectivity index (χ3v) is 1.71. The van der Waals surface area contributed by atoms with Crippen molar-refractivity contribution in [3.05, 3.63) is 35.7 Å². The molecule has 0 radical (unpaired) electrons. The zero-order valence-electron chi connectivity index (χ0n) is 8.87. The standard InChI is InChI=1S/C11H8F4O3/c12-8-3-7(1-2-10(16)17)4-9(5-8)18-6-11(13,14)15/h1-5H,6H2,(H,16,17)/b2-1+. The van der Waals surface area contributed by atoms with Crippen molar-refractivity contribution in [3.63, 3.8) is 0 Å². The Morgan fingerprint density at radius 1 is 1.33 bits per heavy atom. The summed E-state index contributed by atoms with van der Waals surface area (Å²) in [5.74, 6) is -2.39. The number of carbonyl (C=O) groups is 1. The topological polar surface area (TPSA) is 46.5 Å². The number of halogens is 4. The highest BCUT2D eigenvalue weighted by molar-refractivity contribution is 5.85. The quantitative estimate of drug-likeness (QED) is 0.672. The number of hydrogen-bond donors (Lipinski definition) is 1. The van der Waals surface area contributed by atoms with Gasteiger partial charge in [0, 0.05) is 12.1 Å². The van der Waals surface area contributed by atoms with Crippen molar-refractivity contribution >= 4 is 12.0 Å². The number of hydrogen-bond acceptors (Lipinski definition) is 2. The molecule has 0 unspecified atom stereocenters. The predicted octanol–water partition coefficient (Wildman–Crippen LogP) is 2.86. The smallest absolute Gasteiger partial charge is 0.422 e. The molecule has 0 aliphatic carbocycles. The number of ether oxygens (including phenoxy) is 1. The molecule has 0 aromatic heterocycles. The minimum atomic E-state index is -4.52. The number of carboxylic acids is 1. The normalized spacial score (nSPS) is 11.8.